The second kappa shape index (κ2) is 10.0. The zero-order valence-corrected chi connectivity index (χ0v) is 20.5. The molecule has 1 amide bonds. The van der Waals surface area contributed by atoms with Gasteiger partial charge < -0.3 is 10.1 Å². The van der Waals surface area contributed by atoms with E-state index in [1.165, 1.54) is 16.7 Å². The number of fused-ring (bicyclic) bond motifs is 1. The van der Waals surface area contributed by atoms with Crippen LogP contribution >= 0.6 is 0 Å². The summed E-state index contributed by atoms with van der Waals surface area (Å²) in [6.45, 7) is 15.4. The SMILES string of the molecule is Cc1ccc(-n2nc(C)c3c(C)c(CCC(=O)NCCN4CCOCC4)c(C)nc32)cc1C. The van der Waals surface area contributed by atoms with E-state index in [0.717, 1.165) is 66.5 Å². The number of pyridine rings is 1. The highest BCUT2D eigenvalue weighted by atomic mass is 16.5. The molecule has 3 heterocycles. The van der Waals surface area contributed by atoms with Gasteiger partial charge in [-0.15, -0.1) is 0 Å². The summed E-state index contributed by atoms with van der Waals surface area (Å²) in [6.07, 6.45) is 1.14. The molecule has 0 radical (unpaired) electrons. The smallest absolute Gasteiger partial charge is 0.220 e. The average molecular weight is 450 g/mol. The van der Waals surface area contributed by atoms with Crippen molar-refractivity contribution in [3.8, 4) is 5.69 Å². The predicted molar refractivity (Wildman–Crippen MR) is 131 cm³/mol. The van der Waals surface area contributed by atoms with Gasteiger partial charge in [-0.3, -0.25) is 9.69 Å². The van der Waals surface area contributed by atoms with Gasteiger partial charge in [0.25, 0.3) is 0 Å². The standard InChI is InChI=1S/C26H35N5O2/c1-17-6-7-22(16-18(17)2)31-26-25(21(5)29-31)19(3)23(20(4)28-26)8-9-24(32)27-10-11-30-12-14-33-15-13-30/h6-7,16H,8-15H2,1-5H3,(H,27,32). The highest BCUT2D eigenvalue weighted by Gasteiger charge is 2.18. The Morgan fingerprint density at radius 1 is 1.06 bits per heavy atom. The van der Waals surface area contributed by atoms with Gasteiger partial charge in [0.15, 0.2) is 5.65 Å². The van der Waals surface area contributed by atoms with E-state index in [0.29, 0.717) is 19.4 Å². The van der Waals surface area contributed by atoms with Crippen LogP contribution in [0.15, 0.2) is 18.2 Å². The van der Waals surface area contributed by atoms with Crippen LogP contribution in [-0.2, 0) is 16.0 Å². The number of carbonyl (C=O) groups is 1. The van der Waals surface area contributed by atoms with Crippen molar-refractivity contribution >= 4 is 16.9 Å². The molecule has 7 heteroatoms. The fraction of sp³-hybridized carbons (Fsp3) is 0.500. The summed E-state index contributed by atoms with van der Waals surface area (Å²) in [5, 5.41) is 8.96. The lowest BCUT2D eigenvalue weighted by atomic mass is 9.99. The molecule has 0 unspecified atom stereocenters. The van der Waals surface area contributed by atoms with Crippen LogP contribution in [0, 0.1) is 34.6 Å². The van der Waals surface area contributed by atoms with Crippen molar-refractivity contribution in [2.24, 2.45) is 0 Å². The molecule has 1 aromatic carbocycles. The van der Waals surface area contributed by atoms with Gasteiger partial charge in [0.1, 0.15) is 0 Å². The molecule has 1 aliphatic heterocycles. The fourth-order valence-corrected chi connectivity index (χ4v) is 4.62. The highest BCUT2D eigenvalue weighted by molar-refractivity contribution is 5.85. The van der Waals surface area contributed by atoms with E-state index in [2.05, 4.69) is 49.2 Å². The molecular weight excluding hydrogens is 414 g/mol. The maximum absolute atomic E-state index is 12.5. The number of morpholine rings is 1. The van der Waals surface area contributed by atoms with Gasteiger partial charge in [0.05, 0.1) is 24.6 Å². The number of aryl methyl sites for hydroxylation is 5. The Kier molecular flexibility index (Phi) is 7.10. The number of ether oxygens (including phenoxy) is 1. The van der Waals surface area contributed by atoms with Crippen molar-refractivity contribution in [2.75, 3.05) is 39.4 Å². The van der Waals surface area contributed by atoms with Crippen LogP contribution in [0.4, 0.5) is 0 Å². The number of hydrogen-bond acceptors (Lipinski definition) is 5. The summed E-state index contributed by atoms with van der Waals surface area (Å²) in [5.41, 5.74) is 8.64. The Labute approximate surface area is 196 Å². The largest absolute Gasteiger partial charge is 0.379 e. The number of rotatable bonds is 7. The molecule has 0 spiro atoms. The molecule has 176 valence electrons. The maximum Gasteiger partial charge on any atom is 0.220 e. The van der Waals surface area contributed by atoms with E-state index in [1.54, 1.807) is 0 Å². The molecule has 2 aromatic heterocycles. The number of aromatic nitrogens is 3. The topological polar surface area (TPSA) is 72.3 Å². The van der Waals surface area contributed by atoms with Gasteiger partial charge >= 0.3 is 0 Å². The van der Waals surface area contributed by atoms with Crippen LogP contribution in [0.2, 0.25) is 0 Å². The first-order valence-corrected chi connectivity index (χ1v) is 11.8. The Morgan fingerprint density at radius 3 is 2.55 bits per heavy atom. The van der Waals surface area contributed by atoms with Crippen LogP contribution in [-0.4, -0.2) is 65.0 Å². The molecule has 7 nitrogen and oxygen atoms in total. The minimum Gasteiger partial charge on any atom is -0.379 e. The summed E-state index contributed by atoms with van der Waals surface area (Å²) >= 11 is 0. The Hall–Kier alpha value is -2.77. The molecule has 1 N–H and O–H groups in total. The molecule has 4 rings (SSSR count). The van der Waals surface area contributed by atoms with E-state index in [-0.39, 0.29) is 5.91 Å². The van der Waals surface area contributed by atoms with Gasteiger partial charge in [-0.1, -0.05) is 6.07 Å². The van der Waals surface area contributed by atoms with Crippen molar-refractivity contribution in [2.45, 2.75) is 47.5 Å². The van der Waals surface area contributed by atoms with Crippen molar-refractivity contribution in [1.82, 2.24) is 25.0 Å². The minimum atomic E-state index is 0.0877. The third kappa shape index (κ3) is 5.09. The quantitative estimate of drug-likeness (QED) is 0.599. The average Bonchev–Trinajstić information content (AvgIpc) is 3.12. The summed E-state index contributed by atoms with van der Waals surface area (Å²) < 4.78 is 7.32. The van der Waals surface area contributed by atoms with Crippen LogP contribution < -0.4 is 5.32 Å². The number of nitrogens with one attached hydrogen (secondary N) is 1. The highest BCUT2D eigenvalue weighted by Crippen LogP contribution is 2.28. The van der Waals surface area contributed by atoms with Crippen LogP contribution in [0.25, 0.3) is 16.7 Å². The maximum atomic E-state index is 12.5. The van der Waals surface area contributed by atoms with Crippen LogP contribution in [0.5, 0.6) is 0 Å². The summed E-state index contributed by atoms with van der Waals surface area (Å²) in [4.78, 5) is 19.7. The molecule has 0 aliphatic carbocycles. The molecule has 1 aliphatic rings. The van der Waals surface area contributed by atoms with E-state index in [9.17, 15) is 4.79 Å². The van der Waals surface area contributed by atoms with Gasteiger partial charge in [-0.2, -0.15) is 5.10 Å². The van der Waals surface area contributed by atoms with Crippen molar-refractivity contribution in [3.63, 3.8) is 0 Å². The second-order valence-electron chi connectivity index (χ2n) is 9.07. The molecular formula is C26H35N5O2. The number of benzene rings is 1. The first-order chi connectivity index (χ1) is 15.8. The molecule has 1 saturated heterocycles. The first kappa shape index (κ1) is 23.4. The zero-order valence-electron chi connectivity index (χ0n) is 20.5. The molecule has 0 saturated carbocycles. The van der Waals surface area contributed by atoms with Crippen molar-refractivity contribution in [3.05, 3.63) is 51.8 Å². The van der Waals surface area contributed by atoms with Crippen molar-refractivity contribution in [1.29, 1.82) is 0 Å². The Bertz CT molecular complexity index is 1160. The molecule has 0 atom stereocenters. The van der Waals surface area contributed by atoms with Crippen molar-refractivity contribution < 1.29 is 9.53 Å². The number of carbonyl (C=O) groups excluding carboxylic acids is 1. The Balaban J connectivity index is 1.48. The number of hydrogen-bond donors (Lipinski definition) is 1. The Morgan fingerprint density at radius 2 is 1.82 bits per heavy atom. The molecule has 33 heavy (non-hydrogen) atoms. The monoisotopic (exact) mass is 449 g/mol. The summed E-state index contributed by atoms with van der Waals surface area (Å²) in [5.74, 6) is 0.0877. The minimum absolute atomic E-state index is 0.0877. The summed E-state index contributed by atoms with van der Waals surface area (Å²) in [6, 6.07) is 6.37. The third-order valence-corrected chi connectivity index (χ3v) is 6.77. The lowest BCUT2D eigenvalue weighted by Crippen LogP contribution is -2.41. The third-order valence-electron chi connectivity index (χ3n) is 6.77. The first-order valence-electron chi connectivity index (χ1n) is 11.8. The van der Waals surface area contributed by atoms with Crippen LogP contribution in [0.1, 0.15) is 40.1 Å². The predicted octanol–water partition coefficient (Wildman–Crippen LogP) is 3.34. The van der Waals surface area contributed by atoms with Gasteiger partial charge in [0.2, 0.25) is 5.91 Å². The molecule has 0 bridgehead atoms. The summed E-state index contributed by atoms with van der Waals surface area (Å²) in [7, 11) is 0. The number of amides is 1. The lowest BCUT2D eigenvalue weighted by molar-refractivity contribution is -0.121. The number of nitrogens with zero attached hydrogens (tertiary/aromatic N) is 4. The molecule has 3 aromatic rings. The van der Waals surface area contributed by atoms with Gasteiger partial charge in [0, 0.05) is 43.7 Å². The van der Waals surface area contributed by atoms with E-state index in [4.69, 9.17) is 14.8 Å². The van der Waals surface area contributed by atoms with E-state index < -0.39 is 0 Å². The van der Waals surface area contributed by atoms with E-state index in [1.807, 2.05) is 18.5 Å². The zero-order chi connectivity index (χ0) is 23.5. The fourth-order valence-electron chi connectivity index (χ4n) is 4.62. The normalized spacial score (nSPS) is 14.7. The van der Waals surface area contributed by atoms with Gasteiger partial charge in [-0.05, 0) is 75.4 Å². The molecule has 1 fully saturated rings. The lowest BCUT2D eigenvalue weighted by Gasteiger charge is -2.26. The second-order valence-corrected chi connectivity index (χ2v) is 9.07. The van der Waals surface area contributed by atoms with Crippen LogP contribution in [0.3, 0.4) is 0 Å². The van der Waals surface area contributed by atoms with E-state index >= 15 is 0 Å². The van der Waals surface area contributed by atoms with Gasteiger partial charge in [-0.25, -0.2) is 9.67 Å².